The van der Waals surface area contributed by atoms with Gasteiger partial charge in [0.05, 0.1) is 0 Å². The molecule has 3 N–H and O–H groups in total. The van der Waals surface area contributed by atoms with Crippen LogP contribution >= 0.6 is 0 Å². The molecule has 0 bridgehead atoms. The van der Waals surface area contributed by atoms with Crippen LogP contribution in [0.2, 0.25) is 0 Å². The van der Waals surface area contributed by atoms with Crippen molar-refractivity contribution in [1.82, 2.24) is 10.6 Å². The largest absolute Gasteiger partial charge is 0.480 e. The minimum atomic E-state index is -0.961. The van der Waals surface area contributed by atoms with Crippen LogP contribution in [0.15, 0.2) is 0 Å². The summed E-state index contributed by atoms with van der Waals surface area (Å²) in [6.07, 6.45) is 2.99. The molecular formula is C11H20N2O3. The first-order valence-corrected chi connectivity index (χ1v) is 5.86. The molecule has 5 nitrogen and oxygen atoms in total. The summed E-state index contributed by atoms with van der Waals surface area (Å²) in [6.45, 7) is 3.63. The van der Waals surface area contributed by atoms with Gasteiger partial charge in [0.1, 0.15) is 6.04 Å². The van der Waals surface area contributed by atoms with Crippen LogP contribution in [0, 0.1) is 5.92 Å². The van der Waals surface area contributed by atoms with Gasteiger partial charge in [-0.1, -0.05) is 6.92 Å². The smallest absolute Gasteiger partial charge is 0.326 e. The Bertz CT molecular complexity index is 250. The van der Waals surface area contributed by atoms with Gasteiger partial charge < -0.3 is 15.7 Å². The molecule has 0 radical (unpaired) electrons. The van der Waals surface area contributed by atoms with Gasteiger partial charge in [0.25, 0.3) is 0 Å². The van der Waals surface area contributed by atoms with Crippen LogP contribution in [0.5, 0.6) is 0 Å². The molecule has 0 saturated carbocycles. The van der Waals surface area contributed by atoms with Gasteiger partial charge in [-0.25, -0.2) is 4.79 Å². The maximum Gasteiger partial charge on any atom is 0.326 e. The Morgan fingerprint density at radius 3 is 2.81 bits per heavy atom. The Balaban J connectivity index is 2.31. The zero-order valence-corrected chi connectivity index (χ0v) is 9.66. The number of piperidine rings is 1. The molecule has 0 aromatic heterocycles. The standard InChI is InChI=1S/C11H20N2O3/c1-2-9(11(15)16)13-10(14)6-8-4-3-5-12-7-8/h8-9,12H,2-7H2,1H3,(H,13,14)(H,15,16)/t8?,9-/m0/s1. The molecular weight excluding hydrogens is 208 g/mol. The van der Waals surface area contributed by atoms with E-state index in [-0.39, 0.29) is 5.91 Å². The second-order valence-electron chi connectivity index (χ2n) is 4.28. The van der Waals surface area contributed by atoms with E-state index in [1.165, 1.54) is 0 Å². The molecule has 1 aliphatic rings. The number of hydrogen-bond donors (Lipinski definition) is 3. The third kappa shape index (κ3) is 4.18. The Morgan fingerprint density at radius 1 is 1.56 bits per heavy atom. The van der Waals surface area contributed by atoms with Crippen LogP contribution in [0.1, 0.15) is 32.6 Å². The third-order valence-corrected chi connectivity index (χ3v) is 2.91. The first kappa shape index (κ1) is 13.0. The van der Waals surface area contributed by atoms with Crippen LogP contribution in [-0.4, -0.2) is 36.1 Å². The molecule has 1 heterocycles. The molecule has 1 amide bonds. The number of nitrogens with one attached hydrogen (secondary N) is 2. The average molecular weight is 228 g/mol. The highest BCUT2D eigenvalue weighted by Crippen LogP contribution is 2.13. The van der Waals surface area contributed by atoms with Crippen molar-refractivity contribution < 1.29 is 14.7 Å². The summed E-state index contributed by atoms with van der Waals surface area (Å²) in [5.41, 5.74) is 0. The van der Waals surface area contributed by atoms with Gasteiger partial charge in [-0.3, -0.25) is 4.79 Å². The maximum atomic E-state index is 11.6. The topological polar surface area (TPSA) is 78.4 Å². The molecule has 0 aliphatic carbocycles. The molecule has 1 aliphatic heterocycles. The van der Waals surface area contributed by atoms with E-state index in [0.717, 1.165) is 25.9 Å². The number of rotatable bonds is 5. The highest BCUT2D eigenvalue weighted by molar-refractivity contribution is 5.83. The molecule has 16 heavy (non-hydrogen) atoms. The number of carbonyl (C=O) groups excluding carboxylic acids is 1. The minimum absolute atomic E-state index is 0.150. The number of carboxylic acid groups (broad SMARTS) is 1. The van der Waals surface area contributed by atoms with E-state index in [2.05, 4.69) is 10.6 Å². The lowest BCUT2D eigenvalue weighted by atomic mass is 9.96. The van der Waals surface area contributed by atoms with Gasteiger partial charge in [-0.2, -0.15) is 0 Å². The van der Waals surface area contributed by atoms with Crippen molar-refractivity contribution >= 4 is 11.9 Å². The average Bonchev–Trinajstić information content (AvgIpc) is 2.27. The monoisotopic (exact) mass is 228 g/mol. The highest BCUT2D eigenvalue weighted by atomic mass is 16.4. The van der Waals surface area contributed by atoms with Gasteiger partial charge in [0.2, 0.25) is 5.91 Å². The summed E-state index contributed by atoms with van der Waals surface area (Å²) in [6, 6.07) is -0.746. The van der Waals surface area contributed by atoms with Crippen LogP contribution in [0.25, 0.3) is 0 Å². The number of aliphatic carboxylic acids is 1. The molecule has 2 atom stereocenters. The van der Waals surface area contributed by atoms with Crippen molar-refractivity contribution in [2.75, 3.05) is 13.1 Å². The Kier molecular flexibility index (Phi) is 5.25. The lowest BCUT2D eigenvalue weighted by Gasteiger charge is -2.22. The van der Waals surface area contributed by atoms with E-state index in [4.69, 9.17) is 5.11 Å². The van der Waals surface area contributed by atoms with E-state index >= 15 is 0 Å². The van der Waals surface area contributed by atoms with Crippen LogP contribution in [-0.2, 0) is 9.59 Å². The Hall–Kier alpha value is -1.10. The lowest BCUT2D eigenvalue weighted by Crippen LogP contribution is -2.42. The molecule has 0 aromatic carbocycles. The Morgan fingerprint density at radius 2 is 2.31 bits per heavy atom. The number of carboxylic acids is 1. The molecule has 1 fully saturated rings. The summed E-state index contributed by atoms with van der Waals surface area (Å²) in [4.78, 5) is 22.3. The van der Waals surface area contributed by atoms with Crippen molar-refractivity contribution in [1.29, 1.82) is 0 Å². The van der Waals surface area contributed by atoms with Crippen LogP contribution in [0.4, 0.5) is 0 Å². The second kappa shape index (κ2) is 6.48. The van der Waals surface area contributed by atoms with E-state index in [9.17, 15) is 9.59 Å². The number of carbonyl (C=O) groups is 2. The van der Waals surface area contributed by atoms with Gasteiger partial charge >= 0.3 is 5.97 Å². The summed E-state index contributed by atoms with van der Waals surface area (Å²) in [5, 5.41) is 14.6. The zero-order valence-electron chi connectivity index (χ0n) is 9.66. The molecule has 1 rings (SSSR count). The van der Waals surface area contributed by atoms with Crippen molar-refractivity contribution in [2.45, 2.75) is 38.6 Å². The van der Waals surface area contributed by atoms with Gasteiger partial charge in [-0.05, 0) is 38.3 Å². The second-order valence-corrected chi connectivity index (χ2v) is 4.28. The normalized spacial score (nSPS) is 22.4. The molecule has 0 aromatic rings. The van der Waals surface area contributed by atoms with E-state index in [1.54, 1.807) is 6.92 Å². The third-order valence-electron chi connectivity index (χ3n) is 2.91. The quantitative estimate of drug-likeness (QED) is 0.634. The van der Waals surface area contributed by atoms with Gasteiger partial charge in [0, 0.05) is 6.42 Å². The number of amides is 1. The predicted molar refractivity (Wildman–Crippen MR) is 60.1 cm³/mol. The van der Waals surface area contributed by atoms with Crippen molar-refractivity contribution in [3.05, 3.63) is 0 Å². The van der Waals surface area contributed by atoms with Crippen molar-refractivity contribution in [2.24, 2.45) is 5.92 Å². The molecule has 5 heteroatoms. The fourth-order valence-corrected chi connectivity index (χ4v) is 1.95. The summed E-state index contributed by atoms with van der Waals surface area (Å²) >= 11 is 0. The van der Waals surface area contributed by atoms with Gasteiger partial charge in [0.15, 0.2) is 0 Å². The summed E-state index contributed by atoms with van der Waals surface area (Å²) in [5.74, 6) is -0.763. The SMILES string of the molecule is CC[C@H](NC(=O)CC1CCCNC1)C(=O)O. The van der Waals surface area contributed by atoms with Crippen molar-refractivity contribution in [3.63, 3.8) is 0 Å². The fourth-order valence-electron chi connectivity index (χ4n) is 1.95. The number of hydrogen-bond acceptors (Lipinski definition) is 3. The maximum absolute atomic E-state index is 11.6. The van der Waals surface area contributed by atoms with E-state index < -0.39 is 12.0 Å². The first-order chi connectivity index (χ1) is 7.63. The highest BCUT2D eigenvalue weighted by Gasteiger charge is 2.21. The first-order valence-electron chi connectivity index (χ1n) is 5.86. The lowest BCUT2D eigenvalue weighted by molar-refractivity contribution is -0.142. The van der Waals surface area contributed by atoms with Crippen LogP contribution in [0.3, 0.4) is 0 Å². The summed E-state index contributed by atoms with van der Waals surface area (Å²) in [7, 11) is 0. The molecule has 92 valence electrons. The molecule has 0 spiro atoms. The molecule has 1 unspecified atom stereocenters. The van der Waals surface area contributed by atoms with Crippen molar-refractivity contribution in [3.8, 4) is 0 Å². The van der Waals surface area contributed by atoms with E-state index in [1.807, 2.05) is 0 Å². The van der Waals surface area contributed by atoms with Gasteiger partial charge in [-0.15, -0.1) is 0 Å². The summed E-state index contributed by atoms with van der Waals surface area (Å²) < 4.78 is 0. The zero-order chi connectivity index (χ0) is 12.0. The van der Waals surface area contributed by atoms with E-state index in [0.29, 0.717) is 18.8 Å². The minimum Gasteiger partial charge on any atom is -0.480 e. The molecule has 1 saturated heterocycles. The Labute approximate surface area is 95.6 Å². The predicted octanol–water partition coefficient (Wildman–Crippen LogP) is 0.355. The van der Waals surface area contributed by atoms with Crippen LogP contribution < -0.4 is 10.6 Å². The fraction of sp³-hybridized carbons (Fsp3) is 0.818.